The Labute approximate surface area is 90.4 Å². The maximum atomic E-state index is 5.79. The third-order valence-corrected chi connectivity index (χ3v) is 2.45. The van der Waals surface area contributed by atoms with Crippen molar-refractivity contribution in [1.82, 2.24) is 5.32 Å². The molecule has 0 aromatic heterocycles. The maximum Gasteiger partial charge on any atom is 0.0406 e. The molecule has 0 aliphatic rings. The van der Waals surface area contributed by atoms with E-state index in [-0.39, 0.29) is 5.54 Å². The molecule has 0 aliphatic heterocycles. The van der Waals surface area contributed by atoms with Crippen molar-refractivity contribution in [2.45, 2.75) is 25.9 Å². The Morgan fingerprint density at radius 3 is 2.36 bits per heavy atom. The second-order valence-corrected chi connectivity index (χ2v) is 4.50. The molecule has 0 atom stereocenters. The monoisotopic (exact) mass is 212 g/mol. The van der Waals surface area contributed by atoms with Gasteiger partial charge in [0.25, 0.3) is 0 Å². The third-order valence-electron chi connectivity index (χ3n) is 2.19. The van der Waals surface area contributed by atoms with Crippen molar-refractivity contribution in [2.75, 3.05) is 6.54 Å². The van der Waals surface area contributed by atoms with Crippen molar-refractivity contribution >= 4 is 11.6 Å². The first kappa shape index (κ1) is 11.5. The van der Waals surface area contributed by atoms with E-state index in [1.165, 1.54) is 5.56 Å². The molecule has 3 N–H and O–H groups in total. The predicted octanol–water partition coefficient (Wildman–Crippen LogP) is 2.17. The Morgan fingerprint density at radius 2 is 1.86 bits per heavy atom. The molecule has 78 valence electrons. The topological polar surface area (TPSA) is 38.0 Å². The highest BCUT2D eigenvalue weighted by Crippen LogP contribution is 2.10. The number of hydrogen-bond donors (Lipinski definition) is 2. The Balaban J connectivity index is 2.50. The van der Waals surface area contributed by atoms with Crippen molar-refractivity contribution in [3.63, 3.8) is 0 Å². The summed E-state index contributed by atoms with van der Waals surface area (Å²) in [5, 5.41) is 4.15. The van der Waals surface area contributed by atoms with Crippen LogP contribution in [0.5, 0.6) is 0 Å². The predicted molar refractivity (Wildman–Crippen MR) is 61.4 cm³/mol. The van der Waals surface area contributed by atoms with Crippen LogP contribution in [0.25, 0.3) is 0 Å². The summed E-state index contributed by atoms with van der Waals surface area (Å²) in [4.78, 5) is 0. The first-order valence-electron chi connectivity index (χ1n) is 4.73. The van der Waals surface area contributed by atoms with Crippen molar-refractivity contribution in [1.29, 1.82) is 0 Å². The minimum atomic E-state index is -0.0142. The van der Waals surface area contributed by atoms with Crippen LogP contribution in [-0.4, -0.2) is 12.1 Å². The summed E-state index contributed by atoms with van der Waals surface area (Å²) in [6, 6.07) is 7.83. The number of rotatable bonds is 4. The quantitative estimate of drug-likeness (QED) is 0.803. The molecule has 14 heavy (non-hydrogen) atoms. The SMILES string of the molecule is CC(C)(CN)NCc1ccc(Cl)cc1. The summed E-state index contributed by atoms with van der Waals surface area (Å²) < 4.78 is 0. The van der Waals surface area contributed by atoms with Crippen LogP contribution in [0.2, 0.25) is 5.02 Å². The summed E-state index contributed by atoms with van der Waals surface area (Å²) >= 11 is 5.79. The third kappa shape index (κ3) is 3.66. The van der Waals surface area contributed by atoms with Crippen LogP contribution in [0.4, 0.5) is 0 Å². The molecular formula is C11H17ClN2. The van der Waals surface area contributed by atoms with Crippen LogP contribution in [0.15, 0.2) is 24.3 Å². The minimum Gasteiger partial charge on any atom is -0.329 e. The largest absolute Gasteiger partial charge is 0.329 e. The van der Waals surface area contributed by atoms with E-state index in [0.717, 1.165) is 11.6 Å². The highest BCUT2D eigenvalue weighted by atomic mass is 35.5. The standard InChI is InChI=1S/C11H17ClN2/c1-11(2,8-13)14-7-9-3-5-10(12)6-4-9/h3-6,14H,7-8,13H2,1-2H3. The zero-order valence-corrected chi connectivity index (χ0v) is 9.43. The van der Waals surface area contributed by atoms with Crippen LogP contribution in [-0.2, 0) is 6.54 Å². The number of nitrogens with one attached hydrogen (secondary N) is 1. The van der Waals surface area contributed by atoms with Crippen LogP contribution in [0.1, 0.15) is 19.4 Å². The second kappa shape index (κ2) is 4.78. The molecule has 0 radical (unpaired) electrons. The van der Waals surface area contributed by atoms with E-state index in [4.69, 9.17) is 17.3 Å². The van der Waals surface area contributed by atoms with Crippen molar-refractivity contribution in [3.05, 3.63) is 34.9 Å². The highest BCUT2D eigenvalue weighted by Gasteiger charge is 2.13. The normalized spacial score (nSPS) is 11.7. The first-order valence-corrected chi connectivity index (χ1v) is 5.11. The molecule has 3 heteroatoms. The zero-order valence-electron chi connectivity index (χ0n) is 8.68. The van der Waals surface area contributed by atoms with Gasteiger partial charge in [-0.2, -0.15) is 0 Å². The number of halogens is 1. The summed E-state index contributed by atoms with van der Waals surface area (Å²) in [6.45, 7) is 5.62. The molecule has 0 saturated carbocycles. The van der Waals surface area contributed by atoms with E-state index >= 15 is 0 Å². The van der Waals surface area contributed by atoms with E-state index in [0.29, 0.717) is 6.54 Å². The van der Waals surface area contributed by atoms with Gasteiger partial charge in [0.15, 0.2) is 0 Å². The Kier molecular flexibility index (Phi) is 3.93. The fourth-order valence-electron chi connectivity index (χ4n) is 1.02. The van der Waals surface area contributed by atoms with Gasteiger partial charge in [-0.3, -0.25) is 0 Å². The fraction of sp³-hybridized carbons (Fsp3) is 0.455. The average Bonchev–Trinajstić information content (AvgIpc) is 2.17. The summed E-state index contributed by atoms with van der Waals surface area (Å²) in [5.41, 5.74) is 6.82. The molecule has 0 unspecified atom stereocenters. The molecule has 0 bridgehead atoms. The van der Waals surface area contributed by atoms with Crippen molar-refractivity contribution in [3.8, 4) is 0 Å². The lowest BCUT2D eigenvalue weighted by Gasteiger charge is -2.24. The fourth-order valence-corrected chi connectivity index (χ4v) is 1.14. The second-order valence-electron chi connectivity index (χ2n) is 4.07. The molecule has 0 amide bonds. The van der Waals surface area contributed by atoms with Crippen molar-refractivity contribution in [2.24, 2.45) is 5.73 Å². The lowest BCUT2D eigenvalue weighted by molar-refractivity contribution is 0.397. The Morgan fingerprint density at radius 1 is 1.29 bits per heavy atom. The van der Waals surface area contributed by atoms with Gasteiger partial charge in [-0.25, -0.2) is 0 Å². The van der Waals surface area contributed by atoms with Crippen LogP contribution < -0.4 is 11.1 Å². The van der Waals surface area contributed by atoms with Crippen LogP contribution >= 0.6 is 11.6 Å². The highest BCUT2D eigenvalue weighted by molar-refractivity contribution is 6.30. The van der Waals surface area contributed by atoms with Gasteiger partial charge in [0, 0.05) is 23.7 Å². The summed E-state index contributed by atoms with van der Waals surface area (Å²) in [5.74, 6) is 0. The lowest BCUT2D eigenvalue weighted by atomic mass is 10.1. The maximum absolute atomic E-state index is 5.79. The van der Waals surface area contributed by atoms with Gasteiger partial charge < -0.3 is 11.1 Å². The van der Waals surface area contributed by atoms with E-state index in [2.05, 4.69) is 19.2 Å². The number of nitrogens with two attached hydrogens (primary N) is 1. The molecule has 0 fully saturated rings. The van der Waals surface area contributed by atoms with E-state index in [1.54, 1.807) is 0 Å². The van der Waals surface area contributed by atoms with Gasteiger partial charge >= 0.3 is 0 Å². The molecule has 0 aliphatic carbocycles. The van der Waals surface area contributed by atoms with Gasteiger partial charge in [0.05, 0.1) is 0 Å². The smallest absolute Gasteiger partial charge is 0.0406 e. The van der Waals surface area contributed by atoms with E-state index < -0.39 is 0 Å². The first-order chi connectivity index (χ1) is 6.53. The van der Waals surface area contributed by atoms with E-state index in [9.17, 15) is 0 Å². The van der Waals surface area contributed by atoms with Crippen molar-refractivity contribution < 1.29 is 0 Å². The number of benzene rings is 1. The van der Waals surface area contributed by atoms with Gasteiger partial charge in [0.2, 0.25) is 0 Å². The van der Waals surface area contributed by atoms with Crippen LogP contribution in [0.3, 0.4) is 0 Å². The van der Waals surface area contributed by atoms with E-state index in [1.807, 2.05) is 24.3 Å². The molecule has 1 aromatic rings. The lowest BCUT2D eigenvalue weighted by Crippen LogP contribution is -2.45. The molecule has 1 aromatic carbocycles. The molecule has 0 heterocycles. The molecule has 0 saturated heterocycles. The number of hydrogen-bond acceptors (Lipinski definition) is 2. The molecule has 0 spiro atoms. The van der Waals surface area contributed by atoms with Gasteiger partial charge in [-0.1, -0.05) is 23.7 Å². The van der Waals surface area contributed by atoms with Crippen LogP contribution in [0, 0.1) is 0 Å². The Bertz CT molecular complexity index is 280. The molecule has 1 rings (SSSR count). The molecule has 2 nitrogen and oxygen atoms in total. The minimum absolute atomic E-state index is 0.0142. The zero-order chi connectivity index (χ0) is 10.6. The summed E-state index contributed by atoms with van der Waals surface area (Å²) in [6.07, 6.45) is 0. The van der Waals surface area contributed by atoms with Gasteiger partial charge in [-0.15, -0.1) is 0 Å². The molecular weight excluding hydrogens is 196 g/mol. The summed E-state index contributed by atoms with van der Waals surface area (Å²) in [7, 11) is 0. The van der Waals surface area contributed by atoms with Gasteiger partial charge in [0.1, 0.15) is 0 Å². The van der Waals surface area contributed by atoms with Gasteiger partial charge in [-0.05, 0) is 31.5 Å². The average molecular weight is 213 g/mol. The Hall–Kier alpha value is -0.570.